The van der Waals surface area contributed by atoms with Crippen molar-refractivity contribution in [2.45, 2.75) is 18.9 Å². The largest absolute Gasteiger partial charge is 0.480 e. The molecule has 0 rings (SSSR count). The van der Waals surface area contributed by atoms with Crippen LogP contribution in [-0.4, -0.2) is 47.3 Å². The van der Waals surface area contributed by atoms with Crippen LogP contribution in [0.2, 0.25) is 0 Å². The van der Waals surface area contributed by atoms with Crippen molar-refractivity contribution < 1.29 is 15.0 Å². The van der Waals surface area contributed by atoms with Gasteiger partial charge in [0.05, 0.1) is 6.61 Å². The Balaban J connectivity index is 4.61. The van der Waals surface area contributed by atoms with Crippen molar-refractivity contribution in [2.24, 2.45) is 0 Å². The molecule has 66 valence electrons. The highest BCUT2D eigenvalue weighted by Crippen LogP contribution is 2.15. The van der Waals surface area contributed by atoms with E-state index in [0.717, 1.165) is 0 Å². The van der Waals surface area contributed by atoms with Crippen LogP contribution in [0.1, 0.15) is 13.3 Å². The van der Waals surface area contributed by atoms with E-state index in [1.807, 2.05) is 0 Å². The maximum Gasteiger partial charge on any atom is 0.326 e. The van der Waals surface area contributed by atoms with Gasteiger partial charge in [0.25, 0.3) is 0 Å². The Labute approximate surface area is 66.4 Å². The second kappa shape index (κ2) is 3.69. The van der Waals surface area contributed by atoms with Crippen molar-refractivity contribution in [3.63, 3.8) is 0 Å². The minimum atomic E-state index is -1.11. The quantitative estimate of drug-likeness (QED) is 0.598. The molecule has 0 aromatic carbocycles. The Morgan fingerprint density at radius 2 is 2.00 bits per heavy atom. The zero-order valence-electron chi connectivity index (χ0n) is 7.16. The molecule has 0 aliphatic carbocycles. The molecule has 4 heteroatoms. The van der Waals surface area contributed by atoms with Crippen LogP contribution >= 0.6 is 0 Å². The predicted octanol–water partition coefficient (Wildman–Crippen LogP) is -0.226. The second-order valence-corrected chi connectivity index (χ2v) is 2.74. The standard InChI is InChI=1S/C7H15NO3/c1-4-7(5-9,6(10)11)8(2)3/h9H,4-5H2,1-3H3,(H,10,11)/t7-/m1/s1. The highest BCUT2D eigenvalue weighted by molar-refractivity contribution is 5.78. The van der Waals surface area contributed by atoms with Gasteiger partial charge >= 0.3 is 5.97 Å². The van der Waals surface area contributed by atoms with Gasteiger partial charge in [-0.1, -0.05) is 6.92 Å². The molecule has 0 saturated carbocycles. The lowest BCUT2D eigenvalue weighted by Crippen LogP contribution is -2.53. The summed E-state index contributed by atoms with van der Waals surface area (Å²) in [4.78, 5) is 12.2. The summed E-state index contributed by atoms with van der Waals surface area (Å²) in [6, 6.07) is 0. The number of carboxylic acid groups (broad SMARTS) is 1. The number of hydrogen-bond acceptors (Lipinski definition) is 3. The number of carboxylic acids is 1. The Bertz CT molecular complexity index is 141. The van der Waals surface area contributed by atoms with Gasteiger partial charge in [-0.2, -0.15) is 0 Å². The summed E-state index contributed by atoms with van der Waals surface area (Å²) in [5, 5.41) is 17.7. The van der Waals surface area contributed by atoms with Crippen molar-refractivity contribution in [1.29, 1.82) is 0 Å². The van der Waals surface area contributed by atoms with E-state index < -0.39 is 11.5 Å². The Kier molecular flexibility index (Phi) is 3.48. The first kappa shape index (κ1) is 10.4. The van der Waals surface area contributed by atoms with E-state index in [2.05, 4.69) is 0 Å². The van der Waals surface area contributed by atoms with Crippen LogP contribution in [0.25, 0.3) is 0 Å². The summed E-state index contributed by atoms with van der Waals surface area (Å²) >= 11 is 0. The van der Waals surface area contributed by atoms with Crippen LogP contribution in [0.4, 0.5) is 0 Å². The fourth-order valence-corrected chi connectivity index (χ4v) is 0.980. The lowest BCUT2D eigenvalue weighted by atomic mass is 9.96. The van der Waals surface area contributed by atoms with E-state index in [0.29, 0.717) is 6.42 Å². The number of aliphatic hydroxyl groups excluding tert-OH is 1. The van der Waals surface area contributed by atoms with E-state index in [4.69, 9.17) is 10.2 Å². The van der Waals surface area contributed by atoms with E-state index in [9.17, 15) is 4.79 Å². The topological polar surface area (TPSA) is 60.8 Å². The molecule has 0 saturated heterocycles. The minimum Gasteiger partial charge on any atom is -0.480 e. The molecule has 11 heavy (non-hydrogen) atoms. The first-order chi connectivity index (χ1) is 5.01. The molecule has 0 heterocycles. The Morgan fingerprint density at radius 1 is 1.55 bits per heavy atom. The van der Waals surface area contributed by atoms with Crippen molar-refractivity contribution >= 4 is 5.97 Å². The van der Waals surface area contributed by atoms with E-state index in [-0.39, 0.29) is 6.61 Å². The van der Waals surface area contributed by atoms with Crippen LogP contribution in [0, 0.1) is 0 Å². The van der Waals surface area contributed by atoms with E-state index >= 15 is 0 Å². The molecule has 4 nitrogen and oxygen atoms in total. The van der Waals surface area contributed by atoms with Crippen LogP contribution in [-0.2, 0) is 4.79 Å². The smallest absolute Gasteiger partial charge is 0.326 e. The van der Waals surface area contributed by atoms with Crippen LogP contribution in [0.3, 0.4) is 0 Å². The van der Waals surface area contributed by atoms with Gasteiger partial charge in [0.15, 0.2) is 0 Å². The number of likely N-dealkylation sites (N-methyl/N-ethyl adjacent to an activating group) is 1. The van der Waals surface area contributed by atoms with Gasteiger partial charge < -0.3 is 10.2 Å². The first-order valence-corrected chi connectivity index (χ1v) is 3.53. The van der Waals surface area contributed by atoms with Gasteiger partial charge in [-0.05, 0) is 20.5 Å². The molecule has 0 radical (unpaired) electrons. The van der Waals surface area contributed by atoms with Gasteiger partial charge in [0.2, 0.25) is 0 Å². The predicted molar refractivity (Wildman–Crippen MR) is 41.4 cm³/mol. The maximum atomic E-state index is 10.7. The summed E-state index contributed by atoms with van der Waals surface area (Å²) in [5.74, 6) is -0.979. The first-order valence-electron chi connectivity index (χ1n) is 3.53. The summed E-state index contributed by atoms with van der Waals surface area (Å²) in [7, 11) is 3.29. The number of aliphatic carboxylic acids is 1. The lowest BCUT2D eigenvalue weighted by Gasteiger charge is -2.32. The normalized spacial score (nSPS) is 16.5. The fourth-order valence-electron chi connectivity index (χ4n) is 0.980. The van der Waals surface area contributed by atoms with E-state index in [1.165, 1.54) is 4.90 Å². The minimum absolute atomic E-state index is 0.355. The molecule has 0 spiro atoms. The average Bonchev–Trinajstić information content (AvgIpc) is 1.90. The summed E-state index contributed by atoms with van der Waals surface area (Å²) < 4.78 is 0. The molecule has 0 bridgehead atoms. The van der Waals surface area contributed by atoms with Crippen molar-refractivity contribution in [1.82, 2.24) is 4.90 Å². The van der Waals surface area contributed by atoms with Gasteiger partial charge in [-0.3, -0.25) is 9.69 Å². The molecule has 0 aliphatic rings. The average molecular weight is 161 g/mol. The zero-order valence-corrected chi connectivity index (χ0v) is 7.16. The third-order valence-electron chi connectivity index (χ3n) is 2.10. The van der Waals surface area contributed by atoms with Crippen molar-refractivity contribution in [2.75, 3.05) is 20.7 Å². The summed E-state index contributed by atoms with van der Waals surface area (Å²) in [6.45, 7) is 1.39. The number of aliphatic hydroxyl groups is 1. The number of rotatable bonds is 4. The number of nitrogens with zero attached hydrogens (tertiary/aromatic N) is 1. The summed E-state index contributed by atoms with van der Waals surface area (Å²) in [6.07, 6.45) is 0.395. The molecule has 0 amide bonds. The third-order valence-corrected chi connectivity index (χ3v) is 2.10. The number of carbonyl (C=O) groups is 1. The van der Waals surface area contributed by atoms with Crippen LogP contribution < -0.4 is 0 Å². The lowest BCUT2D eigenvalue weighted by molar-refractivity contribution is -0.152. The SMILES string of the molecule is CC[C@@](CO)(C(=O)O)N(C)C. The number of hydrogen-bond donors (Lipinski definition) is 2. The third kappa shape index (κ3) is 1.70. The maximum absolute atomic E-state index is 10.7. The molecule has 0 unspecified atom stereocenters. The van der Waals surface area contributed by atoms with Gasteiger partial charge in [0.1, 0.15) is 5.54 Å². The molecular weight excluding hydrogens is 146 g/mol. The second-order valence-electron chi connectivity index (χ2n) is 2.74. The van der Waals surface area contributed by atoms with E-state index in [1.54, 1.807) is 21.0 Å². The molecule has 0 aromatic rings. The molecular formula is C7H15NO3. The molecule has 0 aromatic heterocycles. The molecule has 1 atom stereocenters. The van der Waals surface area contributed by atoms with Crippen molar-refractivity contribution in [3.05, 3.63) is 0 Å². The molecule has 0 aliphatic heterocycles. The Morgan fingerprint density at radius 3 is 2.00 bits per heavy atom. The van der Waals surface area contributed by atoms with Gasteiger partial charge in [-0.15, -0.1) is 0 Å². The van der Waals surface area contributed by atoms with Gasteiger partial charge in [-0.25, -0.2) is 0 Å². The van der Waals surface area contributed by atoms with Crippen LogP contribution in [0.5, 0.6) is 0 Å². The Hall–Kier alpha value is -0.610. The fraction of sp³-hybridized carbons (Fsp3) is 0.857. The zero-order chi connectivity index (χ0) is 9.07. The van der Waals surface area contributed by atoms with Crippen LogP contribution in [0.15, 0.2) is 0 Å². The van der Waals surface area contributed by atoms with Gasteiger partial charge in [0, 0.05) is 0 Å². The van der Waals surface area contributed by atoms with Crippen molar-refractivity contribution in [3.8, 4) is 0 Å². The monoisotopic (exact) mass is 161 g/mol. The highest BCUT2D eigenvalue weighted by atomic mass is 16.4. The molecule has 0 fully saturated rings. The highest BCUT2D eigenvalue weighted by Gasteiger charge is 2.38. The summed E-state index contributed by atoms with van der Waals surface area (Å²) in [5.41, 5.74) is -1.11. The molecule has 2 N–H and O–H groups in total.